The number of aliphatic hydroxyl groups is 1. The third kappa shape index (κ3) is 3.35. The van der Waals surface area contributed by atoms with Crippen molar-refractivity contribution in [2.24, 2.45) is 5.92 Å². The van der Waals surface area contributed by atoms with Crippen LogP contribution in [0.1, 0.15) is 32.3 Å². The third-order valence-corrected chi connectivity index (χ3v) is 5.44. The maximum atomic E-state index is 12.6. The van der Waals surface area contributed by atoms with Gasteiger partial charge < -0.3 is 5.11 Å². The van der Waals surface area contributed by atoms with Gasteiger partial charge in [0.05, 0.1) is 11.5 Å². The lowest BCUT2D eigenvalue weighted by atomic mass is 10.2. The van der Waals surface area contributed by atoms with Gasteiger partial charge in [0.2, 0.25) is 10.0 Å². The Bertz CT molecular complexity index is 535. The van der Waals surface area contributed by atoms with Gasteiger partial charge in [-0.1, -0.05) is 12.1 Å². The summed E-state index contributed by atoms with van der Waals surface area (Å²) in [6.07, 6.45) is 2.24. The van der Waals surface area contributed by atoms with Crippen LogP contribution in [0, 0.1) is 5.92 Å². The molecule has 0 radical (unpaired) electrons. The van der Waals surface area contributed by atoms with Crippen LogP contribution in [0.4, 0.5) is 0 Å². The smallest absolute Gasteiger partial charge is 0.243 e. The molecular formula is C14H21NO3S. The molecule has 0 heterocycles. The Kier molecular flexibility index (Phi) is 4.28. The molecule has 0 saturated heterocycles. The van der Waals surface area contributed by atoms with Crippen LogP contribution >= 0.6 is 0 Å². The van der Waals surface area contributed by atoms with Gasteiger partial charge in [-0.2, -0.15) is 4.31 Å². The Labute approximate surface area is 115 Å². The Morgan fingerprint density at radius 2 is 2.05 bits per heavy atom. The van der Waals surface area contributed by atoms with Gasteiger partial charge in [-0.15, -0.1) is 0 Å². The minimum Gasteiger partial charge on any atom is -0.392 e. The Hall–Kier alpha value is -0.910. The lowest BCUT2D eigenvalue weighted by Gasteiger charge is -2.26. The summed E-state index contributed by atoms with van der Waals surface area (Å²) in [5.74, 6) is 0.512. The first-order valence-electron chi connectivity index (χ1n) is 6.67. The molecule has 0 spiro atoms. The number of nitrogens with zero attached hydrogens (tertiary/aromatic N) is 1. The maximum absolute atomic E-state index is 12.6. The zero-order valence-corrected chi connectivity index (χ0v) is 12.2. The van der Waals surface area contributed by atoms with Crippen molar-refractivity contribution in [2.75, 3.05) is 6.54 Å². The molecule has 0 aliphatic heterocycles. The summed E-state index contributed by atoms with van der Waals surface area (Å²) in [4.78, 5) is 0.272. The van der Waals surface area contributed by atoms with Gasteiger partial charge in [0.15, 0.2) is 0 Å². The Morgan fingerprint density at radius 3 is 2.58 bits per heavy atom. The van der Waals surface area contributed by atoms with Gasteiger partial charge in [0, 0.05) is 12.6 Å². The Morgan fingerprint density at radius 1 is 1.37 bits per heavy atom. The van der Waals surface area contributed by atoms with Crippen molar-refractivity contribution in [2.45, 2.75) is 44.2 Å². The lowest BCUT2D eigenvalue weighted by Crippen LogP contribution is -2.38. The van der Waals surface area contributed by atoms with Gasteiger partial charge in [-0.05, 0) is 50.3 Å². The molecule has 2 rings (SSSR count). The molecule has 1 N–H and O–H groups in total. The lowest BCUT2D eigenvalue weighted by molar-refractivity contribution is 0.281. The summed E-state index contributed by atoms with van der Waals surface area (Å²) in [5, 5.41) is 9.12. The summed E-state index contributed by atoms with van der Waals surface area (Å²) < 4.78 is 26.9. The monoisotopic (exact) mass is 283 g/mol. The molecule has 106 valence electrons. The summed E-state index contributed by atoms with van der Waals surface area (Å²) in [7, 11) is -3.47. The summed E-state index contributed by atoms with van der Waals surface area (Å²) in [6, 6.07) is 6.49. The second-order valence-electron chi connectivity index (χ2n) is 5.42. The van der Waals surface area contributed by atoms with Gasteiger partial charge in [0.1, 0.15) is 0 Å². The first kappa shape index (κ1) is 14.5. The van der Waals surface area contributed by atoms with Crippen molar-refractivity contribution < 1.29 is 13.5 Å². The van der Waals surface area contributed by atoms with Crippen LogP contribution in [0.2, 0.25) is 0 Å². The first-order valence-corrected chi connectivity index (χ1v) is 8.11. The van der Waals surface area contributed by atoms with Crippen molar-refractivity contribution >= 4 is 10.0 Å². The second-order valence-corrected chi connectivity index (χ2v) is 7.31. The van der Waals surface area contributed by atoms with E-state index < -0.39 is 10.0 Å². The quantitative estimate of drug-likeness (QED) is 0.868. The molecule has 1 aromatic carbocycles. The van der Waals surface area contributed by atoms with E-state index >= 15 is 0 Å². The molecular weight excluding hydrogens is 262 g/mol. The van der Waals surface area contributed by atoms with E-state index in [1.807, 2.05) is 13.8 Å². The molecule has 0 amide bonds. The van der Waals surface area contributed by atoms with Crippen LogP contribution in [-0.4, -0.2) is 30.4 Å². The predicted octanol–water partition coefficient (Wildman–Crippen LogP) is 1.99. The summed E-state index contributed by atoms with van der Waals surface area (Å²) >= 11 is 0. The van der Waals surface area contributed by atoms with Crippen LogP contribution < -0.4 is 0 Å². The van der Waals surface area contributed by atoms with Gasteiger partial charge >= 0.3 is 0 Å². The van der Waals surface area contributed by atoms with Crippen molar-refractivity contribution in [3.05, 3.63) is 29.8 Å². The van der Waals surface area contributed by atoms with Crippen molar-refractivity contribution in [3.8, 4) is 0 Å². The van der Waals surface area contributed by atoms with E-state index in [9.17, 15) is 8.42 Å². The summed E-state index contributed by atoms with van der Waals surface area (Å²) in [6.45, 7) is 4.25. The minimum atomic E-state index is -3.47. The standard InChI is InChI=1S/C14H21NO3S/c1-11(2)15(9-12-6-7-12)19(17,18)14-5-3-4-13(8-14)10-16/h3-5,8,11-12,16H,6-7,9-10H2,1-2H3. The van der Waals surface area contributed by atoms with Crippen LogP contribution in [0.5, 0.6) is 0 Å². The molecule has 5 heteroatoms. The molecule has 4 nitrogen and oxygen atoms in total. The highest BCUT2D eigenvalue weighted by Gasteiger charge is 2.33. The van der Waals surface area contributed by atoms with Crippen LogP contribution in [-0.2, 0) is 16.6 Å². The molecule has 0 atom stereocenters. The molecule has 19 heavy (non-hydrogen) atoms. The molecule has 0 bridgehead atoms. The molecule has 1 saturated carbocycles. The van der Waals surface area contributed by atoms with Crippen LogP contribution in [0.25, 0.3) is 0 Å². The van der Waals surface area contributed by atoms with E-state index in [1.165, 1.54) is 0 Å². The number of sulfonamides is 1. The zero-order valence-electron chi connectivity index (χ0n) is 11.4. The number of hydrogen-bond donors (Lipinski definition) is 1. The highest BCUT2D eigenvalue weighted by Crippen LogP contribution is 2.32. The number of benzene rings is 1. The minimum absolute atomic E-state index is 0.0524. The normalized spacial score (nSPS) is 16.3. The number of rotatable bonds is 6. The Balaban J connectivity index is 2.31. The molecule has 1 aliphatic carbocycles. The largest absolute Gasteiger partial charge is 0.392 e. The molecule has 1 aromatic rings. The SMILES string of the molecule is CC(C)N(CC1CC1)S(=O)(=O)c1cccc(CO)c1. The van der Waals surface area contributed by atoms with E-state index in [0.29, 0.717) is 18.0 Å². The van der Waals surface area contributed by atoms with Crippen molar-refractivity contribution in [1.82, 2.24) is 4.31 Å². The highest BCUT2D eigenvalue weighted by molar-refractivity contribution is 7.89. The fourth-order valence-electron chi connectivity index (χ4n) is 2.08. The van der Waals surface area contributed by atoms with E-state index in [1.54, 1.807) is 28.6 Å². The first-order chi connectivity index (χ1) is 8.95. The van der Waals surface area contributed by atoms with Gasteiger partial charge in [-0.25, -0.2) is 8.42 Å². The molecule has 0 unspecified atom stereocenters. The fraction of sp³-hybridized carbons (Fsp3) is 0.571. The third-order valence-electron chi connectivity index (χ3n) is 3.40. The highest BCUT2D eigenvalue weighted by atomic mass is 32.2. The number of hydrogen-bond acceptors (Lipinski definition) is 3. The predicted molar refractivity (Wildman–Crippen MR) is 74.1 cm³/mol. The molecule has 1 fully saturated rings. The van der Waals surface area contributed by atoms with Gasteiger partial charge in [-0.3, -0.25) is 0 Å². The summed E-state index contributed by atoms with van der Waals surface area (Å²) in [5.41, 5.74) is 0.621. The number of aliphatic hydroxyl groups excluding tert-OH is 1. The molecule has 0 aromatic heterocycles. The topological polar surface area (TPSA) is 57.6 Å². The average molecular weight is 283 g/mol. The average Bonchev–Trinajstić information content (AvgIpc) is 3.19. The van der Waals surface area contributed by atoms with E-state index in [-0.39, 0.29) is 17.5 Å². The second kappa shape index (κ2) is 5.61. The fourth-order valence-corrected chi connectivity index (χ4v) is 3.86. The van der Waals surface area contributed by atoms with Crippen LogP contribution in [0.15, 0.2) is 29.2 Å². The van der Waals surface area contributed by atoms with E-state index in [2.05, 4.69) is 0 Å². The van der Waals surface area contributed by atoms with Gasteiger partial charge in [0.25, 0.3) is 0 Å². The van der Waals surface area contributed by atoms with Crippen molar-refractivity contribution in [3.63, 3.8) is 0 Å². The maximum Gasteiger partial charge on any atom is 0.243 e. The molecule has 1 aliphatic rings. The van der Waals surface area contributed by atoms with E-state index in [0.717, 1.165) is 12.8 Å². The van der Waals surface area contributed by atoms with Crippen LogP contribution in [0.3, 0.4) is 0 Å². The van der Waals surface area contributed by atoms with Crippen molar-refractivity contribution in [1.29, 1.82) is 0 Å². The zero-order chi connectivity index (χ0) is 14.0. The van der Waals surface area contributed by atoms with E-state index in [4.69, 9.17) is 5.11 Å².